The predicted molar refractivity (Wildman–Crippen MR) is 85.4 cm³/mol. The first-order valence-electron chi connectivity index (χ1n) is 6.66. The van der Waals surface area contributed by atoms with Crippen LogP contribution in [0.25, 0.3) is 0 Å². The highest BCUT2D eigenvalue weighted by atomic mass is 35.5. The Morgan fingerprint density at radius 2 is 2.20 bits per heavy atom. The van der Waals surface area contributed by atoms with E-state index in [0.717, 1.165) is 10.6 Å². The molecule has 0 aliphatic heterocycles. The number of halogens is 1. The van der Waals surface area contributed by atoms with Crippen LogP contribution < -0.4 is 11.1 Å². The number of nitrogens with zero attached hydrogens (tertiary/aromatic N) is 1. The Labute approximate surface area is 126 Å². The van der Waals surface area contributed by atoms with Crippen molar-refractivity contribution in [1.29, 1.82) is 0 Å². The van der Waals surface area contributed by atoms with Crippen LogP contribution in [0.15, 0.2) is 29.3 Å². The summed E-state index contributed by atoms with van der Waals surface area (Å²) in [5, 5.41) is 3.83. The minimum Gasteiger partial charge on any atom is -0.383 e. The van der Waals surface area contributed by atoms with Gasteiger partial charge >= 0.3 is 0 Å². The minimum absolute atomic E-state index is 0.123. The molecule has 1 rings (SSSR count). The average Bonchev–Trinajstić information content (AvgIpc) is 2.37. The second-order valence-electron chi connectivity index (χ2n) is 5.60. The summed E-state index contributed by atoms with van der Waals surface area (Å²) in [6, 6.07) is 7.98. The number of nitrogens with one attached hydrogen (secondary N) is 1. The number of methoxy groups -OCH3 is 1. The number of hydrogen-bond acceptors (Lipinski definition) is 2. The van der Waals surface area contributed by atoms with E-state index >= 15 is 0 Å². The molecule has 1 unspecified atom stereocenters. The van der Waals surface area contributed by atoms with Crippen LogP contribution in [0.2, 0.25) is 5.02 Å². The quantitative estimate of drug-likeness (QED) is 0.627. The maximum atomic E-state index is 6.03. The van der Waals surface area contributed by atoms with E-state index in [4.69, 9.17) is 22.1 Å². The Morgan fingerprint density at radius 3 is 2.80 bits per heavy atom. The van der Waals surface area contributed by atoms with Crippen LogP contribution >= 0.6 is 11.6 Å². The molecule has 0 amide bonds. The van der Waals surface area contributed by atoms with Gasteiger partial charge in [-0.05, 0) is 24.6 Å². The molecule has 3 N–H and O–H groups in total. The second-order valence-corrected chi connectivity index (χ2v) is 6.03. The largest absolute Gasteiger partial charge is 0.383 e. The summed E-state index contributed by atoms with van der Waals surface area (Å²) in [6.45, 7) is 7.41. The number of hydrogen-bond donors (Lipinski definition) is 2. The molecule has 1 aromatic carbocycles. The molecule has 1 atom stereocenters. The number of aliphatic imine (C=N–C) groups is 1. The third-order valence-electron chi connectivity index (χ3n) is 3.06. The summed E-state index contributed by atoms with van der Waals surface area (Å²) in [5.74, 6) is 0.435. The molecule has 0 aromatic heterocycles. The van der Waals surface area contributed by atoms with Crippen molar-refractivity contribution in [2.75, 3.05) is 20.3 Å². The van der Waals surface area contributed by atoms with Gasteiger partial charge in [-0.2, -0.15) is 0 Å². The van der Waals surface area contributed by atoms with Crippen LogP contribution in [0.1, 0.15) is 26.3 Å². The first kappa shape index (κ1) is 16.8. The van der Waals surface area contributed by atoms with E-state index < -0.39 is 0 Å². The molecule has 0 aliphatic rings. The van der Waals surface area contributed by atoms with Crippen molar-refractivity contribution in [3.8, 4) is 0 Å². The van der Waals surface area contributed by atoms with E-state index in [-0.39, 0.29) is 11.5 Å². The van der Waals surface area contributed by atoms with Crippen molar-refractivity contribution in [1.82, 2.24) is 5.32 Å². The number of ether oxygens (including phenoxy) is 1. The van der Waals surface area contributed by atoms with Gasteiger partial charge in [0.05, 0.1) is 13.2 Å². The molecular formula is C15H24ClN3O. The highest BCUT2D eigenvalue weighted by Gasteiger charge is 2.20. The highest BCUT2D eigenvalue weighted by molar-refractivity contribution is 6.30. The number of benzene rings is 1. The Balaban J connectivity index is 2.66. The molecule has 0 fully saturated rings. The molecule has 5 heteroatoms. The lowest BCUT2D eigenvalue weighted by molar-refractivity contribution is 0.179. The Morgan fingerprint density at radius 1 is 1.50 bits per heavy atom. The first-order valence-corrected chi connectivity index (χ1v) is 7.04. The zero-order valence-corrected chi connectivity index (χ0v) is 13.4. The monoisotopic (exact) mass is 297 g/mol. The molecule has 0 saturated carbocycles. The molecule has 0 bridgehead atoms. The van der Waals surface area contributed by atoms with Crippen LogP contribution in [-0.4, -0.2) is 32.3 Å². The summed E-state index contributed by atoms with van der Waals surface area (Å²) in [4.78, 5) is 4.41. The van der Waals surface area contributed by atoms with Crippen molar-refractivity contribution in [2.24, 2.45) is 10.7 Å². The van der Waals surface area contributed by atoms with E-state index in [1.807, 2.05) is 25.1 Å². The van der Waals surface area contributed by atoms with Crippen molar-refractivity contribution in [3.05, 3.63) is 34.9 Å². The maximum absolute atomic E-state index is 6.03. The smallest absolute Gasteiger partial charge is 0.188 e. The lowest BCUT2D eigenvalue weighted by Gasteiger charge is -2.24. The van der Waals surface area contributed by atoms with Gasteiger partial charge in [0.1, 0.15) is 0 Å². The van der Waals surface area contributed by atoms with Gasteiger partial charge in [-0.3, -0.25) is 4.99 Å². The Bertz CT molecular complexity index is 460. The van der Waals surface area contributed by atoms with Crippen molar-refractivity contribution in [2.45, 2.75) is 32.2 Å². The van der Waals surface area contributed by atoms with Crippen molar-refractivity contribution >= 4 is 17.6 Å². The van der Waals surface area contributed by atoms with Crippen LogP contribution in [0.4, 0.5) is 0 Å². The summed E-state index contributed by atoms with van der Waals surface area (Å²) in [5.41, 5.74) is 6.90. The SMILES string of the molecule is COCC(C)NC(N)=NCC(C)(C)c1cccc(Cl)c1. The molecule has 4 nitrogen and oxygen atoms in total. The Kier molecular flexibility index (Phi) is 6.30. The molecule has 0 spiro atoms. The summed E-state index contributed by atoms with van der Waals surface area (Å²) in [7, 11) is 1.66. The van der Waals surface area contributed by atoms with Crippen LogP contribution in [-0.2, 0) is 10.2 Å². The van der Waals surface area contributed by atoms with Crippen LogP contribution in [0, 0.1) is 0 Å². The third-order valence-corrected chi connectivity index (χ3v) is 3.30. The van der Waals surface area contributed by atoms with E-state index in [2.05, 4.69) is 30.2 Å². The summed E-state index contributed by atoms with van der Waals surface area (Å²) in [6.07, 6.45) is 0. The second kappa shape index (κ2) is 7.50. The number of guanidine groups is 1. The van der Waals surface area contributed by atoms with Gasteiger partial charge in [0, 0.05) is 23.6 Å². The molecule has 112 valence electrons. The fraction of sp³-hybridized carbons (Fsp3) is 0.533. The predicted octanol–water partition coefficient (Wildman–Crippen LogP) is 2.56. The van der Waals surface area contributed by atoms with Gasteiger partial charge < -0.3 is 15.8 Å². The zero-order valence-electron chi connectivity index (χ0n) is 12.6. The van der Waals surface area contributed by atoms with Crippen LogP contribution in [0.3, 0.4) is 0 Å². The normalized spacial score (nSPS) is 14.2. The lowest BCUT2D eigenvalue weighted by atomic mass is 9.85. The number of nitrogens with two attached hydrogens (primary N) is 1. The molecule has 1 aromatic rings. The lowest BCUT2D eigenvalue weighted by Crippen LogP contribution is -2.41. The van der Waals surface area contributed by atoms with Crippen molar-refractivity contribution < 1.29 is 4.74 Å². The number of rotatable bonds is 6. The van der Waals surface area contributed by atoms with E-state index in [1.54, 1.807) is 7.11 Å². The third kappa shape index (κ3) is 5.39. The fourth-order valence-electron chi connectivity index (χ4n) is 1.87. The minimum atomic E-state index is -0.123. The molecule has 0 aliphatic carbocycles. The van der Waals surface area contributed by atoms with Gasteiger partial charge in [-0.15, -0.1) is 0 Å². The molecule has 0 heterocycles. The summed E-state index contributed by atoms with van der Waals surface area (Å²) >= 11 is 6.03. The van der Waals surface area contributed by atoms with Gasteiger partial charge in [-0.1, -0.05) is 37.6 Å². The first-order chi connectivity index (χ1) is 9.35. The van der Waals surface area contributed by atoms with Gasteiger partial charge in [0.15, 0.2) is 5.96 Å². The molecule has 0 radical (unpaired) electrons. The van der Waals surface area contributed by atoms with Gasteiger partial charge in [-0.25, -0.2) is 0 Å². The maximum Gasteiger partial charge on any atom is 0.188 e. The van der Waals surface area contributed by atoms with Crippen molar-refractivity contribution in [3.63, 3.8) is 0 Å². The summed E-state index contributed by atoms with van der Waals surface area (Å²) < 4.78 is 5.04. The Hall–Kier alpha value is -1.26. The standard InChI is InChI=1S/C15H24ClN3O/c1-11(9-20-4)19-14(17)18-10-15(2,3)12-6-5-7-13(16)8-12/h5-8,11H,9-10H2,1-4H3,(H3,17,18,19). The molecule has 0 saturated heterocycles. The van der Waals surface area contributed by atoms with Gasteiger partial charge in [0.2, 0.25) is 0 Å². The van der Waals surface area contributed by atoms with E-state index in [1.165, 1.54) is 0 Å². The zero-order chi connectivity index (χ0) is 15.2. The van der Waals surface area contributed by atoms with E-state index in [9.17, 15) is 0 Å². The van der Waals surface area contributed by atoms with E-state index in [0.29, 0.717) is 19.1 Å². The fourth-order valence-corrected chi connectivity index (χ4v) is 2.06. The van der Waals surface area contributed by atoms with Crippen LogP contribution in [0.5, 0.6) is 0 Å². The topological polar surface area (TPSA) is 59.6 Å². The molecule has 20 heavy (non-hydrogen) atoms. The van der Waals surface area contributed by atoms with Gasteiger partial charge in [0.25, 0.3) is 0 Å². The molecular weight excluding hydrogens is 274 g/mol. The highest BCUT2D eigenvalue weighted by Crippen LogP contribution is 2.25. The average molecular weight is 298 g/mol.